The van der Waals surface area contributed by atoms with Crippen LogP contribution in [0.5, 0.6) is 0 Å². The molecule has 2 N–H and O–H groups in total. The summed E-state index contributed by atoms with van der Waals surface area (Å²) in [6.07, 6.45) is 2.27. The van der Waals surface area contributed by atoms with Crippen LogP contribution >= 0.6 is 0 Å². The Labute approximate surface area is 87.6 Å². The van der Waals surface area contributed by atoms with Gasteiger partial charge in [-0.05, 0) is 47.2 Å². The Kier molecular flexibility index (Phi) is 3.56. The lowest BCUT2D eigenvalue weighted by atomic mass is 9.92. The molecule has 1 aliphatic rings. The van der Waals surface area contributed by atoms with E-state index >= 15 is 0 Å². The van der Waals surface area contributed by atoms with Gasteiger partial charge in [-0.3, -0.25) is 0 Å². The largest absolute Gasteiger partial charge is 0.367 e. The summed E-state index contributed by atoms with van der Waals surface area (Å²) in [5, 5.41) is 0. The van der Waals surface area contributed by atoms with Crippen molar-refractivity contribution >= 4 is 0 Å². The SMILES string of the molecule is CN1CCCC(CN)(OC(C)(C)C)C1. The standard InChI is InChI=1S/C11H24N2O/c1-10(2,3)14-11(8-12)6-5-7-13(4)9-11/h5-9,12H2,1-4H3. The van der Waals surface area contributed by atoms with E-state index in [0.29, 0.717) is 6.54 Å². The molecule has 0 radical (unpaired) electrons. The summed E-state index contributed by atoms with van der Waals surface area (Å²) in [4.78, 5) is 2.31. The van der Waals surface area contributed by atoms with Crippen molar-refractivity contribution in [3.8, 4) is 0 Å². The molecule has 0 bridgehead atoms. The molecule has 1 aliphatic heterocycles. The number of likely N-dealkylation sites (tertiary alicyclic amines) is 1. The van der Waals surface area contributed by atoms with Crippen molar-refractivity contribution in [3.05, 3.63) is 0 Å². The van der Waals surface area contributed by atoms with Crippen LogP contribution in [0.15, 0.2) is 0 Å². The Hall–Kier alpha value is -0.120. The van der Waals surface area contributed by atoms with Crippen LogP contribution in [-0.2, 0) is 4.74 Å². The lowest BCUT2D eigenvalue weighted by molar-refractivity contribution is -0.151. The second-order valence-electron chi connectivity index (χ2n) is 5.44. The molecular formula is C11H24N2O. The molecule has 1 atom stereocenters. The molecule has 1 heterocycles. The predicted molar refractivity (Wildman–Crippen MR) is 59.4 cm³/mol. The molecule has 84 valence electrons. The predicted octanol–water partition coefficient (Wildman–Crippen LogP) is 1.22. The second kappa shape index (κ2) is 4.17. The van der Waals surface area contributed by atoms with Crippen LogP contribution in [-0.4, -0.2) is 42.8 Å². The molecule has 0 saturated carbocycles. The second-order valence-corrected chi connectivity index (χ2v) is 5.44. The van der Waals surface area contributed by atoms with Crippen molar-refractivity contribution in [1.82, 2.24) is 4.90 Å². The van der Waals surface area contributed by atoms with Crippen molar-refractivity contribution in [2.45, 2.75) is 44.8 Å². The van der Waals surface area contributed by atoms with Crippen molar-refractivity contribution in [2.75, 3.05) is 26.7 Å². The average Bonchev–Trinajstić information content (AvgIpc) is 2.01. The fourth-order valence-electron chi connectivity index (χ4n) is 2.26. The van der Waals surface area contributed by atoms with Crippen LogP contribution in [0.3, 0.4) is 0 Å². The molecule has 0 aliphatic carbocycles. The summed E-state index contributed by atoms with van der Waals surface area (Å²) in [5.41, 5.74) is 5.64. The Bertz CT molecular complexity index is 188. The van der Waals surface area contributed by atoms with E-state index in [1.54, 1.807) is 0 Å². The van der Waals surface area contributed by atoms with E-state index < -0.39 is 0 Å². The number of nitrogens with two attached hydrogens (primary N) is 1. The molecule has 0 amide bonds. The van der Waals surface area contributed by atoms with Gasteiger partial charge in [0.15, 0.2) is 0 Å². The van der Waals surface area contributed by atoms with Gasteiger partial charge in [-0.2, -0.15) is 0 Å². The number of hydrogen-bond acceptors (Lipinski definition) is 3. The van der Waals surface area contributed by atoms with E-state index in [-0.39, 0.29) is 11.2 Å². The van der Waals surface area contributed by atoms with Crippen LogP contribution in [0, 0.1) is 0 Å². The van der Waals surface area contributed by atoms with Gasteiger partial charge in [-0.25, -0.2) is 0 Å². The molecule has 0 aromatic rings. The molecule has 0 aromatic carbocycles. The highest BCUT2D eigenvalue weighted by Gasteiger charge is 2.37. The van der Waals surface area contributed by atoms with Crippen LogP contribution in [0.25, 0.3) is 0 Å². The Morgan fingerprint density at radius 2 is 2.07 bits per heavy atom. The maximum atomic E-state index is 6.12. The van der Waals surface area contributed by atoms with E-state index in [4.69, 9.17) is 10.5 Å². The van der Waals surface area contributed by atoms with Crippen molar-refractivity contribution in [1.29, 1.82) is 0 Å². The lowest BCUT2D eigenvalue weighted by Crippen LogP contribution is -2.55. The first-order valence-corrected chi connectivity index (χ1v) is 5.46. The highest BCUT2D eigenvalue weighted by atomic mass is 16.5. The van der Waals surface area contributed by atoms with E-state index in [1.807, 2.05) is 0 Å². The van der Waals surface area contributed by atoms with Gasteiger partial charge in [-0.15, -0.1) is 0 Å². The normalized spacial score (nSPS) is 30.6. The van der Waals surface area contributed by atoms with Crippen molar-refractivity contribution < 1.29 is 4.74 Å². The third kappa shape index (κ3) is 3.23. The van der Waals surface area contributed by atoms with Gasteiger partial charge in [0.1, 0.15) is 0 Å². The van der Waals surface area contributed by atoms with Gasteiger partial charge in [0.25, 0.3) is 0 Å². The maximum Gasteiger partial charge on any atom is 0.0937 e. The Morgan fingerprint density at radius 1 is 1.43 bits per heavy atom. The van der Waals surface area contributed by atoms with E-state index in [9.17, 15) is 0 Å². The Balaban J connectivity index is 2.65. The van der Waals surface area contributed by atoms with Gasteiger partial charge in [0.2, 0.25) is 0 Å². The number of nitrogens with zero attached hydrogens (tertiary/aromatic N) is 1. The molecular weight excluding hydrogens is 176 g/mol. The smallest absolute Gasteiger partial charge is 0.0937 e. The fourth-order valence-corrected chi connectivity index (χ4v) is 2.26. The van der Waals surface area contributed by atoms with Crippen LogP contribution in [0.2, 0.25) is 0 Å². The van der Waals surface area contributed by atoms with Crippen LogP contribution in [0.4, 0.5) is 0 Å². The maximum absolute atomic E-state index is 6.12. The Morgan fingerprint density at radius 3 is 2.50 bits per heavy atom. The van der Waals surface area contributed by atoms with E-state index in [1.165, 1.54) is 6.42 Å². The molecule has 0 spiro atoms. The first-order valence-electron chi connectivity index (χ1n) is 5.46. The van der Waals surface area contributed by atoms with Crippen molar-refractivity contribution in [3.63, 3.8) is 0 Å². The van der Waals surface area contributed by atoms with E-state index in [2.05, 4.69) is 32.7 Å². The summed E-state index contributed by atoms with van der Waals surface area (Å²) in [5.74, 6) is 0. The van der Waals surface area contributed by atoms with Gasteiger partial charge >= 0.3 is 0 Å². The minimum atomic E-state index is -0.120. The summed E-state index contributed by atoms with van der Waals surface area (Å²) in [6, 6.07) is 0. The van der Waals surface area contributed by atoms with Gasteiger partial charge in [0.05, 0.1) is 11.2 Å². The summed E-state index contributed by atoms with van der Waals surface area (Å²) in [6.45, 7) is 9.03. The lowest BCUT2D eigenvalue weighted by Gasteiger charge is -2.44. The average molecular weight is 200 g/mol. The topological polar surface area (TPSA) is 38.5 Å². The zero-order chi connectivity index (χ0) is 10.8. The molecule has 14 heavy (non-hydrogen) atoms. The monoisotopic (exact) mass is 200 g/mol. The zero-order valence-corrected chi connectivity index (χ0v) is 9.97. The molecule has 1 unspecified atom stereocenters. The molecule has 3 heteroatoms. The third-order valence-electron chi connectivity index (χ3n) is 2.63. The first-order chi connectivity index (χ1) is 6.37. The van der Waals surface area contributed by atoms with E-state index in [0.717, 1.165) is 19.5 Å². The third-order valence-corrected chi connectivity index (χ3v) is 2.63. The number of likely N-dealkylation sites (N-methyl/N-ethyl adjacent to an activating group) is 1. The van der Waals surface area contributed by atoms with Gasteiger partial charge in [0, 0.05) is 13.1 Å². The highest BCUT2D eigenvalue weighted by Crippen LogP contribution is 2.28. The minimum Gasteiger partial charge on any atom is -0.367 e. The molecule has 1 fully saturated rings. The summed E-state index contributed by atoms with van der Waals surface area (Å²) < 4.78 is 6.12. The molecule has 0 aromatic heterocycles. The van der Waals surface area contributed by atoms with Gasteiger partial charge in [-0.1, -0.05) is 0 Å². The first kappa shape index (κ1) is 12.0. The molecule has 1 saturated heterocycles. The molecule has 3 nitrogen and oxygen atoms in total. The van der Waals surface area contributed by atoms with Crippen LogP contribution in [0.1, 0.15) is 33.6 Å². The summed E-state index contributed by atoms with van der Waals surface area (Å²) >= 11 is 0. The number of piperidine rings is 1. The highest BCUT2D eigenvalue weighted by molar-refractivity contribution is 4.91. The number of rotatable bonds is 2. The zero-order valence-electron chi connectivity index (χ0n) is 9.97. The number of ether oxygens (including phenoxy) is 1. The van der Waals surface area contributed by atoms with Gasteiger partial charge < -0.3 is 15.4 Å². The quantitative estimate of drug-likeness (QED) is 0.728. The minimum absolute atomic E-state index is 0.0997. The fraction of sp³-hybridized carbons (Fsp3) is 1.00. The van der Waals surface area contributed by atoms with Crippen molar-refractivity contribution in [2.24, 2.45) is 5.73 Å². The molecule has 1 rings (SSSR count). The summed E-state index contributed by atoms with van der Waals surface area (Å²) in [7, 11) is 2.13. The van der Waals surface area contributed by atoms with Crippen LogP contribution < -0.4 is 5.73 Å². The number of hydrogen-bond donors (Lipinski definition) is 1.